The summed E-state index contributed by atoms with van der Waals surface area (Å²) in [6.07, 6.45) is 5.36. The summed E-state index contributed by atoms with van der Waals surface area (Å²) < 4.78 is 0. The van der Waals surface area contributed by atoms with E-state index in [4.69, 9.17) is 28.8 Å². The molecule has 0 aromatic carbocycles. The van der Waals surface area contributed by atoms with E-state index in [1.807, 2.05) is 6.07 Å². The van der Waals surface area contributed by atoms with Crippen molar-refractivity contribution in [3.63, 3.8) is 0 Å². The van der Waals surface area contributed by atoms with Crippen LogP contribution in [0.1, 0.15) is 17.7 Å². The van der Waals surface area contributed by atoms with Gasteiger partial charge in [-0.3, -0.25) is 9.98 Å². The molecule has 1 aliphatic carbocycles. The molecule has 0 bridgehead atoms. The number of aliphatic imine (C=N–C) groups is 2. The molecule has 100 valence electrons. The topological polar surface area (TPSA) is 116 Å². The van der Waals surface area contributed by atoms with Crippen molar-refractivity contribution in [3.05, 3.63) is 34.6 Å². The number of aromatic nitrogens is 1. The zero-order valence-electron chi connectivity index (χ0n) is 10.3. The highest BCUT2D eigenvalue weighted by atomic mass is 35.5. The Kier molecular flexibility index (Phi) is 4.01. The molecule has 0 saturated heterocycles. The third kappa shape index (κ3) is 3.45. The van der Waals surface area contributed by atoms with Gasteiger partial charge in [-0.05, 0) is 18.1 Å². The van der Waals surface area contributed by atoms with Crippen LogP contribution in [0.5, 0.6) is 0 Å². The second-order valence-electron chi connectivity index (χ2n) is 4.11. The Hall–Kier alpha value is -2.08. The van der Waals surface area contributed by atoms with E-state index in [1.165, 1.54) is 5.57 Å². The van der Waals surface area contributed by atoms with Crippen molar-refractivity contribution in [1.82, 2.24) is 4.98 Å². The third-order valence-corrected chi connectivity index (χ3v) is 2.93. The summed E-state index contributed by atoms with van der Waals surface area (Å²) in [5, 5.41) is 0.634. The maximum absolute atomic E-state index is 5.95. The van der Waals surface area contributed by atoms with Gasteiger partial charge >= 0.3 is 0 Å². The van der Waals surface area contributed by atoms with E-state index >= 15 is 0 Å². The summed E-state index contributed by atoms with van der Waals surface area (Å²) in [5.74, 6) is -0.00861. The predicted octanol–water partition coefficient (Wildman–Crippen LogP) is 0.653. The number of hydrogen-bond donors (Lipinski definition) is 3. The van der Waals surface area contributed by atoms with Gasteiger partial charge in [-0.1, -0.05) is 17.7 Å². The second kappa shape index (κ2) is 5.71. The van der Waals surface area contributed by atoms with Crippen molar-refractivity contribution in [3.8, 4) is 0 Å². The number of nitrogens with zero attached hydrogens (tertiary/aromatic N) is 3. The van der Waals surface area contributed by atoms with E-state index in [0.717, 1.165) is 24.1 Å². The van der Waals surface area contributed by atoms with Gasteiger partial charge in [0.05, 0.1) is 10.7 Å². The van der Waals surface area contributed by atoms with Crippen LogP contribution in [0, 0.1) is 0 Å². The highest BCUT2D eigenvalue weighted by Crippen LogP contribution is 2.30. The first-order chi connectivity index (χ1) is 9.06. The highest BCUT2D eigenvalue weighted by Gasteiger charge is 2.15. The summed E-state index contributed by atoms with van der Waals surface area (Å²) >= 11 is 5.95. The first-order valence-corrected chi connectivity index (χ1v) is 6.17. The second-order valence-corrected chi connectivity index (χ2v) is 4.54. The molecule has 0 aliphatic heterocycles. The van der Waals surface area contributed by atoms with Crippen molar-refractivity contribution in [2.45, 2.75) is 12.8 Å². The van der Waals surface area contributed by atoms with Gasteiger partial charge in [-0.25, -0.2) is 0 Å². The van der Waals surface area contributed by atoms with Gasteiger partial charge < -0.3 is 17.2 Å². The lowest BCUT2D eigenvalue weighted by molar-refractivity contribution is 1.01. The largest absolute Gasteiger partial charge is 0.370 e. The zero-order chi connectivity index (χ0) is 13.8. The van der Waals surface area contributed by atoms with Crippen LogP contribution in [0.3, 0.4) is 0 Å². The van der Waals surface area contributed by atoms with Crippen LogP contribution in [0.15, 0.2) is 28.3 Å². The molecule has 1 heterocycles. The number of hydrogen-bond acceptors (Lipinski definition) is 2. The van der Waals surface area contributed by atoms with E-state index < -0.39 is 0 Å². The van der Waals surface area contributed by atoms with E-state index in [-0.39, 0.29) is 11.9 Å². The van der Waals surface area contributed by atoms with Crippen molar-refractivity contribution >= 4 is 29.1 Å². The first-order valence-electron chi connectivity index (χ1n) is 5.79. The lowest BCUT2D eigenvalue weighted by Gasteiger charge is -2.04. The lowest BCUT2D eigenvalue weighted by Crippen LogP contribution is -2.26. The van der Waals surface area contributed by atoms with Crippen LogP contribution in [0.25, 0.3) is 5.57 Å². The quantitative estimate of drug-likeness (QED) is 0.556. The fourth-order valence-electron chi connectivity index (χ4n) is 1.93. The van der Waals surface area contributed by atoms with Crippen LogP contribution in [0.4, 0.5) is 0 Å². The number of guanidine groups is 2. The fourth-order valence-corrected chi connectivity index (χ4v) is 2.09. The standard InChI is InChI=1S/C12H15ClN6/c13-8-5-9-7(1-2-10(9)18-6-8)3-4-17-12(16)19-11(14)15/h1,5-6H,2-4H2,(H6,14,15,16,17,19). The summed E-state index contributed by atoms with van der Waals surface area (Å²) in [6.45, 7) is 0.514. The molecule has 1 aromatic rings. The molecular weight excluding hydrogens is 264 g/mol. The Balaban J connectivity index is 2.00. The molecule has 0 fully saturated rings. The van der Waals surface area contributed by atoms with Crippen molar-refractivity contribution < 1.29 is 0 Å². The molecular formula is C12H15ClN6. The van der Waals surface area contributed by atoms with Gasteiger partial charge in [-0.2, -0.15) is 4.99 Å². The Morgan fingerprint density at radius 2 is 2.16 bits per heavy atom. The van der Waals surface area contributed by atoms with Gasteiger partial charge in [0, 0.05) is 24.7 Å². The van der Waals surface area contributed by atoms with Crippen molar-refractivity contribution in [2.24, 2.45) is 27.2 Å². The normalized spacial score (nSPS) is 13.9. The highest BCUT2D eigenvalue weighted by molar-refractivity contribution is 6.30. The van der Waals surface area contributed by atoms with Gasteiger partial charge in [0.2, 0.25) is 5.96 Å². The van der Waals surface area contributed by atoms with Crippen molar-refractivity contribution in [2.75, 3.05) is 6.54 Å². The number of pyridine rings is 1. The molecule has 0 spiro atoms. The smallest absolute Gasteiger partial charge is 0.218 e. The maximum Gasteiger partial charge on any atom is 0.218 e. The molecule has 1 aromatic heterocycles. The molecule has 0 radical (unpaired) electrons. The molecule has 6 N–H and O–H groups in total. The number of rotatable bonds is 3. The zero-order valence-corrected chi connectivity index (χ0v) is 11.1. The average Bonchev–Trinajstić information content (AvgIpc) is 2.71. The van der Waals surface area contributed by atoms with Crippen LogP contribution in [0.2, 0.25) is 5.02 Å². The SMILES string of the molecule is NC(N)=NC(N)=NCCC1=CCc2ncc(Cl)cc21. The van der Waals surface area contributed by atoms with Crippen LogP contribution in [-0.4, -0.2) is 23.4 Å². The van der Waals surface area contributed by atoms with Gasteiger partial charge in [0.15, 0.2) is 5.96 Å². The Labute approximate surface area is 116 Å². The average molecular weight is 279 g/mol. The molecule has 0 amide bonds. The van der Waals surface area contributed by atoms with E-state index in [2.05, 4.69) is 21.0 Å². The molecule has 6 nitrogen and oxygen atoms in total. The molecule has 7 heteroatoms. The summed E-state index contributed by atoms with van der Waals surface area (Å²) in [5.41, 5.74) is 19.2. The third-order valence-electron chi connectivity index (χ3n) is 2.72. The summed E-state index contributed by atoms with van der Waals surface area (Å²) in [4.78, 5) is 12.0. The minimum absolute atomic E-state index is 0.0861. The Morgan fingerprint density at radius 3 is 2.89 bits per heavy atom. The van der Waals surface area contributed by atoms with Crippen molar-refractivity contribution in [1.29, 1.82) is 0 Å². The lowest BCUT2D eigenvalue weighted by atomic mass is 10.1. The van der Waals surface area contributed by atoms with Gasteiger partial charge in [0.25, 0.3) is 0 Å². The molecule has 0 saturated carbocycles. The number of fused-ring (bicyclic) bond motifs is 1. The van der Waals surface area contributed by atoms with Crippen LogP contribution in [-0.2, 0) is 6.42 Å². The molecule has 0 unspecified atom stereocenters. The van der Waals surface area contributed by atoms with E-state index in [1.54, 1.807) is 6.20 Å². The van der Waals surface area contributed by atoms with Gasteiger partial charge in [0.1, 0.15) is 0 Å². The Bertz CT molecular complexity index is 572. The molecule has 1 aliphatic rings. The predicted molar refractivity (Wildman–Crippen MR) is 77.8 cm³/mol. The van der Waals surface area contributed by atoms with E-state index in [0.29, 0.717) is 11.6 Å². The maximum atomic E-state index is 5.95. The number of halogens is 1. The van der Waals surface area contributed by atoms with Crippen LogP contribution >= 0.6 is 11.6 Å². The van der Waals surface area contributed by atoms with Gasteiger partial charge in [-0.15, -0.1) is 0 Å². The molecule has 2 rings (SSSR count). The van der Waals surface area contributed by atoms with E-state index in [9.17, 15) is 0 Å². The molecule has 19 heavy (non-hydrogen) atoms. The first kappa shape index (κ1) is 13.4. The Morgan fingerprint density at radius 1 is 1.37 bits per heavy atom. The fraction of sp³-hybridized carbons (Fsp3) is 0.250. The minimum atomic E-state index is -0.0948. The summed E-state index contributed by atoms with van der Waals surface area (Å²) in [6, 6.07) is 1.92. The molecule has 0 atom stereocenters. The van der Waals surface area contributed by atoms with Crippen LogP contribution < -0.4 is 17.2 Å². The monoisotopic (exact) mass is 278 g/mol. The summed E-state index contributed by atoms with van der Waals surface area (Å²) in [7, 11) is 0. The number of allylic oxidation sites excluding steroid dienone is 1. The minimum Gasteiger partial charge on any atom is -0.370 e. The number of nitrogens with two attached hydrogens (primary N) is 3.